The summed E-state index contributed by atoms with van der Waals surface area (Å²) < 4.78 is 5.34. The fraction of sp³-hybridized carbons (Fsp3) is 0.750. The number of morpholine rings is 1. The third-order valence-electron chi connectivity index (χ3n) is 3.44. The van der Waals surface area contributed by atoms with Crippen molar-refractivity contribution in [1.82, 2.24) is 15.0 Å². The summed E-state index contributed by atoms with van der Waals surface area (Å²) in [6.45, 7) is 3.06. The highest BCUT2D eigenvalue weighted by molar-refractivity contribution is 7.99. The molecule has 3 rings (SSSR count). The summed E-state index contributed by atoms with van der Waals surface area (Å²) in [6.07, 6.45) is 5.13. The normalized spacial score (nSPS) is 21.0. The van der Waals surface area contributed by atoms with Gasteiger partial charge < -0.3 is 9.64 Å². The second kappa shape index (κ2) is 6.24. The number of nitrogens with zero attached hydrogens (tertiary/aromatic N) is 4. The molecule has 1 saturated carbocycles. The van der Waals surface area contributed by atoms with Crippen LogP contribution in [0, 0.1) is 0 Å². The van der Waals surface area contributed by atoms with E-state index >= 15 is 0 Å². The van der Waals surface area contributed by atoms with E-state index in [9.17, 15) is 0 Å². The van der Waals surface area contributed by atoms with Gasteiger partial charge in [-0.15, -0.1) is 0 Å². The molecule has 2 aliphatic rings. The van der Waals surface area contributed by atoms with Crippen LogP contribution < -0.4 is 4.90 Å². The maximum Gasteiger partial charge on any atom is 0.230 e. The lowest BCUT2D eigenvalue weighted by molar-refractivity contribution is 0.122. The highest BCUT2D eigenvalue weighted by atomic mass is 35.5. The van der Waals surface area contributed by atoms with Gasteiger partial charge in [-0.1, -0.05) is 24.6 Å². The first kappa shape index (κ1) is 13.4. The number of aromatic nitrogens is 3. The van der Waals surface area contributed by atoms with Crippen LogP contribution in [0.3, 0.4) is 0 Å². The van der Waals surface area contributed by atoms with Crippen LogP contribution in [0.1, 0.15) is 25.7 Å². The molecule has 19 heavy (non-hydrogen) atoms. The second-order valence-corrected chi connectivity index (χ2v) is 6.42. The van der Waals surface area contributed by atoms with Crippen molar-refractivity contribution in [3.8, 4) is 0 Å². The molecule has 1 aliphatic heterocycles. The lowest BCUT2D eigenvalue weighted by Gasteiger charge is -2.26. The van der Waals surface area contributed by atoms with Crippen LogP contribution in [0.2, 0.25) is 5.28 Å². The van der Waals surface area contributed by atoms with Gasteiger partial charge in [-0.05, 0) is 24.4 Å². The summed E-state index contributed by atoms with van der Waals surface area (Å²) >= 11 is 7.76. The van der Waals surface area contributed by atoms with Gasteiger partial charge in [-0.3, -0.25) is 0 Å². The topological polar surface area (TPSA) is 51.1 Å². The van der Waals surface area contributed by atoms with E-state index in [0.717, 1.165) is 18.2 Å². The average molecular weight is 301 g/mol. The van der Waals surface area contributed by atoms with Crippen molar-refractivity contribution in [2.75, 3.05) is 31.2 Å². The van der Waals surface area contributed by atoms with E-state index in [4.69, 9.17) is 16.3 Å². The van der Waals surface area contributed by atoms with Crippen LogP contribution in [-0.4, -0.2) is 46.5 Å². The Morgan fingerprint density at radius 2 is 1.84 bits per heavy atom. The second-order valence-electron chi connectivity index (χ2n) is 4.81. The Kier molecular flexibility index (Phi) is 4.40. The predicted octanol–water partition coefficient (Wildman–Crippen LogP) is 2.40. The zero-order valence-electron chi connectivity index (χ0n) is 10.7. The molecule has 1 saturated heterocycles. The van der Waals surface area contributed by atoms with E-state index in [0.29, 0.717) is 24.4 Å². The van der Waals surface area contributed by atoms with Crippen molar-refractivity contribution < 1.29 is 4.74 Å². The van der Waals surface area contributed by atoms with Crippen molar-refractivity contribution in [3.63, 3.8) is 0 Å². The molecule has 1 aromatic heterocycles. The largest absolute Gasteiger partial charge is 0.378 e. The van der Waals surface area contributed by atoms with Crippen LogP contribution >= 0.6 is 23.4 Å². The quantitative estimate of drug-likeness (QED) is 0.854. The molecule has 0 radical (unpaired) electrons. The molecule has 0 atom stereocenters. The Morgan fingerprint density at radius 1 is 1.11 bits per heavy atom. The summed E-state index contributed by atoms with van der Waals surface area (Å²) in [5, 5.41) is 1.68. The van der Waals surface area contributed by atoms with Crippen molar-refractivity contribution in [2.45, 2.75) is 36.1 Å². The Labute approximate surface area is 122 Å². The molecule has 0 aromatic carbocycles. The maximum atomic E-state index is 6.02. The van der Waals surface area contributed by atoms with Gasteiger partial charge in [0.05, 0.1) is 13.2 Å². The molecule has 5 nitrogen and oxygen atoms in total. The Morgan fingerprint density at radius 3 is 2.58 bits per heavy atom. The minimum absolute atomic E-state index is 0.289. The Bertz CT molecular complexity index is 436. The predicted molar refractivity (Wildman–Crippen MR) is 76.0 cm³/mol. The van der Waals surface area contributed by atoms with Crippen LogP contribution in [0.5, 0.6) is 0 Å². The van der Waals surface area contributed by atoms with E-state index in [1.807, 2.05) is 0 Å². The molecule has 0 amide bonds. The van der Waals surface area contributed by atoms with Gasteiger partial charge in [0, 0.05) is 18.3 Å². The number of thioether (sulfide) groups is 1. The molecule has 104 valence electrons. The van der Waals surface area contributed by atoms with Gasteiger partial charge in [0.25, 0.3) is 0 Å². The third-order valence-corrected chi connectivity index (χ3v) is 4.81. The lowest BCUT2D eigenvalue weighted by Crippen LogP contribution is -2.37. The van der Waals surface area contributed by atoms with E-state index in [-0.39, 0.29) is 5.28 Å². The number of rotatable bonds is 3. The number of hydrogen-bond acceptors (Lipinski definition) is 6. The molecule has 2 fully saturated rings. The van der Waals surface area contributed by atoms with E-state index in [2.05, 4.69) is 19.9 Å². The smallest absolute Gasteiger partial charge is 0.230 e. The van der Waals surface area contributed by atoms with Gasteiger partial charge >= 0.3 is 0 Å². The molecule has 2 heterocycles. The Hall–Kier alpha value is -0.590. The van der Waals surface area contributed by atoms with Gasteiger partial charge in [0.15, 0.2) is 5.16 Å². The highest BCUT2D eigenvalue weighted by Crippen LogP contribution is 2.33. The fourth-order valence-electron chi connectivity index (χ4n) is 2.43. The van der Waals surface area contributed by atoms with Gasteiger partial charge in [0.2, 0.25) is 11.2 Å². The lowest BCUT2D eigenvalue weighted by atomic mass is 10.4. The number of hydrogen-bond donors (Lipinski definition) is 0. The van der Waals surface area contributed by atoms with Crippen LogP contribution in [0.25, 0.3) is 0 Å². The third kappa shape index (κ3) is 3.49. The van der Waals surface area contributed by atoms with Crippen molar-refractivity contribution in [3.05, 3.63) is 5.28 Å². The first-order valence-corrected chi connectivity index (χ1v) is 7.98. The number of halogens is 1. The molecule has 0 unspecified atom stereocenters. The van der Waals surface area contributed by atoms with Crippen LogP contribution in [0.4, 0.5) is 5.95 Å². The molecule has 0 spiro atoms. The summed E-state index contributed by atoms with van der Waals surface area (Å²) in [7, 11) is 0. The summed E-state index contributed by atoms with van der Waals surface area (Å²) in [5.74, 6) is 0.684. The van der Waals surface area contributed by atoms with Gasteiger partial charge in [-0.2, -0.15) is 15.0 Å². The highest BCUT2D eigenvalue weighted by Gasteiger charge is 2.20. The molecule has 0 bridgehead atoms. The zero-order chi connectivity index (χ0) is 13.1. The van der Waals surface area contributed by atoms with Crippen LogP contribution in [-0.2, 0) is 4.74 Å². The Balaban J connectivity index is 1.74. The molecular formula is C12H17ClN4OS. The van der Waals surface area contributed by atoms with Gasteiger partial charge in [0.1, 0.15) is 0 Å². The first-order chi connectivity index (χ1) is 9.31. The van der Waals surface area contributed by atoms with Crippen molar-refractivity contribution in [2.24, 2.45) is 0 Å². The summed E-state index contributed by atoms with van der Waals surface area (Å²) in [6, 6.07) is 0. The molecule has 1 aromatic rings. The minimum atomic E-state index is 0.289. The number of anilines is 1. The van der Waals surface area contributed by atoms with E-state index < -0.39 is 0 Å². The summed E-state index contributed by atoms with van der Waals surface area (Å²) in [5.41, 5.74) is 0. The van der Waals surface area contributed by atoms with E-state index in [1.54, 1.807) is 11.8 Å². The average Bonchev–Trinajstić information content (AvgIpc) is 2.92. The molecule has 0 N–H and O–H groups in total. The molecular weight excluding hydrogens is 284 g/mol. The van der Waals surface area contributed by atoms with Crippen LogP contribution in [0.15, 0.2) is 5.16 Å². The fourth-order valence-corrected chi connectivity index (χ4v) is 3.78. The monoisotopic (exact) mass is 300 g/mol. The zero-order valence-corrected chi connectivity index (χ0v) is 12.3. The summed E-state index contributed by atoms with van der Waals surface area (Å²) in [4.78, 5) is 15.1. The first-order valence-electron chi connectivity index (χ1n) is 6.72. The van der Waals surface area contributed by atoms with Crippen molar-refractivity contribution in [1.29, 1.82) is 0 Å². The number of ether oxygens (including phenoxy) is 1. The molecule has 7 heteroatoms. The minimum Gasteiger partial charge on any atom is -0.378 e. The van der Waals surface area contributed by atoms with Gasteiger partial charge in [-0.25, -0.2) is 0 Å². The maximum absolute atomic E-state index is 6.02. The standard InChI is InChI=1S/C12H17ClN4OS/c13-10-14-11(17-5-7-18-8-6-17)16-12(15-10)19-9-3-1-2-4-9/h9H,1-8H2. The SMILES string of the molecule is Clc1nc(SC2CCCC2)nc(N2CCOCC2)n1. The van der Waals surface area contributed by atoms with E-state index in [1.165, 1.54) is 25.7 Å². The molecule has 1 aliphatic carbocycles. The van der Waals surface area contributed by atoms with Crippen molar-refractivity contribution >= 4 is 29.3 Å².